The first-order chi connectivity index (χ1) is 12.3. The maximum atomic E-state index is 12.2. The van der Waals surface area contributed by atoms with Crippen molar-refractivity contribution in [3.05, 3.63) is 12.2 Å². The van der Waals surface area contributed by atoms with Gasteiger partial charge in [0, 0.05) is 5.92 Å². The van der Waals surface area contributed by atoms with Crippen LogP contribution < -0.4 is 0 Å². The van der Waals surface area contributed by atoms with Gasteiger partial charge in [0.25, 0.3) is 0 Å². The third-order valence-electron chi connectivity index (χ3n) is 7.60. The molecular weight excluding hydrogens is 309 g/mol. The van der Waals surface area contributed by atoms with Gasteiger partial charge in [-0.25, -0.2) is 0 Å². The molecule has 3 aliphatic carbocycles. The molecule has 3 rings (SSSR count). The number of nitriles is 1. The maximum absolute atomic E-state index is 12.2. The largest absolute Gasteiger partial charge is 0.251 e. The van der Waals surface area contributed by atoms with Gasteiger partial charge in [0.1, 0.15) is 0 Å². The maximum Gasteiger partial charge on any atom is 0.0928 e. The van der Waals surface area contributed by atoms with Gasteiger partial charge in [-0.2, -0.15) is 5.26 Å². The molecule has 0 bridgehead atoms. The van der Waals surface area contributed by atoms with Crippen LogP contribution in [-0.2, 0) is 0 Å². The molecule has 0 aromatic rings. The highest BCUT2D eigenvalue weighted by Crippen LogP contribution is 2.45. The summed E-state index contributed by atoms with van der Waals surface area (Å²) in [7, 11) is 0. The van der Waals surface area contributed by atoms with Gasteiger partial charge in [0.2, 0.25) is 0 Å². The van der Waals surface area contributed by atoms with E-state index in [4.69, 9.17) is 5.26 Å². The topological polar surface area (TPSA) is 23.8 Å². The summed E-state index contributed by atoms with van der Waals surface area (Å²) in [5, 5.41) is 9.07. The predicted molar refractivity (Wildman–Crippen MR) is 102 cm³/mol. The van der Waals surface area contributed by atoms with Crippen LogP contribution in [0.4, 0.5) is 4.39 Å². The number of hydrogen-bond acceptors (Lipinski definition) is 1. The third kappa shape index (κ3) is 5.32. The van der Waals surface area contributed by atoms with Gasteiger partial charge >= 0.3 is 0 Å². The van der Waals surface area contributed by atoms with E-state index in [9.17, 15) is 4.39 Å². The lowest BCUT2D eigenvalue weighted by atomic mass is 9.65. The van der Waals surface area contributed by atoms with Gasteiger partial charge in [0.15, 0.2) is 0 Å². The van der Waals surface area contributed by atoms with E-state index < -0.39 is 0 Å². The summed E-state index contributed by atoms with van der Waals surface area (Å²) in [4.78, 5) is 0. The van der Waals surface area contributed by atoms with Crippen LogP contribution in [0.25, 0.3) is 0 Å². The molecule has 3 aliphatic rings. The second-order valence-electron chi connectivity index (χ2n) is 9.00. The molecule has 3 fully saturated rings. The highest BCUT2D eigenvalue weighted by molar-refractivity contribution is 4.93. The van der Waals surface area contributed by atoms with Gasteiger partial charge < -0.3 is 0 Å². The average molecular weight is 346 g/mol. The fourth-order valence-electron chi connectivity index (χ4n) is 5.97. The second-order valence-corrected chi connectivity index (χ2v) is 9.00. The standard InChI is InChI=1S/C23H36FN/c24-16-2-1-3-18-4-8-20(9-5-18)22-12-14-23(15-13-22)21-10-6-19(17-25)7-11-21/h1,3,18-23H,2,4-16H2/b3-1+. The van der Waals surface area contributed by atoms with E-state index in [-0.39, 0.29) is 6.67 Å². The van der Waals surface area contributed by atoms with Crippen LogP contribution in [0, 0.1) is 46.8 Å². The highest BCUT2D eigenvalue weighted by Gasteiger charge is 2.34. The molecule has 2 heteroatoms. The minimum atomic E-state index is -0.215. The summed E-state index contributed by atoms with van der Waals surface area (Å²) in [6.45, 7) is -0.215. The van der Waals surface area contributed by atoms with E-state index in [0.717, 1.165) is 42.4 Å². The quantitative estimate of drug-likeness (QED) is 0.500. The van der Waals surface area contributed by atoms with Gasteiger partial charge in [-0.15, -0.1) is 0 Å². The molecule has 0 aliphatic heterocycles. The lowest BCUT2D eigenvalue weighted by Gasteiger charge is -2.40. The molecule has 3 saturated carbocycles. The van der Waals surface area contributed by atoms with E-state index in [0.29, 0.717) is 12.3 Å². The first kappa shape index (κ1) is 18.9. The van der Waals surface area contributed by atoms with E-state index in [1.165, 1.54) is 64.2 Å². The molecule has 1 nitrogen and oxygen atoms in total. The van der Waals surface area contributed by atoms with Crippen LogP contribution in [0.2, 0.25) is 0 Å². The van der Waals surface area contributed by atoms with Crippen molar-refractivity contribution in [2.24, 2.45) is 35.5 Å². The van der Waals surface area contributed by atoms with Crippen molar-refractivity contribution in [3.63, 3.8) is 0 Å². The zero-order chi connectivity index (χ0) is 17.5. The van der Waals surface area contributed by atoms with E-state index in [2.05, 4.69) is 18.2 Å². The van der Waals surface area contributed by atoms with Crippen LogP contribution in [0.5, 0.6) is 0 Å². The van der Waals surface area contributed by atoms with Crippen molar-refractivity contribution in [3.8, 4) is 6.07 Å². The summed E-state index contributed by atoms with van der Waals surface area (Å²) in [5.74, 6) is 4.87. The Morgan fingerprint density at radius 3 is 1.60 bits per heavy atom. The van der Waals surface area contributed by atoms with E-state index in [1.807, 2.05) is 0 Å². The first-order valence-corrected chi connectivity index (χ1v) is 10.9. The first-order valence-electron chi connectivity index (χ1n) is 10.9. The van der Waals surface area contributed by atoms with Gasteiger partial charge in [-0.05, 0) is 113 Å². The Hall–Kier alpha value is -0.840. The molecule has 140 valence electrons. The van der Waals surface area contributed by atoms with Crippen LogP contribution in [0.1, 0.15) is 83.5 Å². The Kier molecular flexibility index (Phi) is 7.38. The summed E-state index contributed by atoms with van der Waals surface area (Å²) >= 11 is 0. The van der Waals surface area contributed by atoms with Gasteiger partial charge in [-0.1, -0.05) is 12.2 Å². The molecule has 0 amide bonds. The lowest BCUT2D eigenvalue weighted by Crippen LogP contribution is -2.29. The minimum Gasteiger partial charge on any atom is -0.251 e. The number of alkyl halides is 1. The number of halogens is 1. The zero-order valence-electron chi connectivity index (χ0n) is 15.8. The Morgan fingerprint density at radius 2 is 1.16 bits per heavy atom. The summed E-state index contributed by atoms with van der Waals surface area (Å²) in [5.41, 5.74) is 0. The normalized spacial score (nSPS) is 40.0. The van der Waals surface area contributed by atoms with Crippen molar-refractivity contribution < 1.29 is 4.39 Å². The predicted octanol–water partition coefficient (Wildman–Crippen LogP) is 6.84. The smallest absolute Gasteiger partial charge is 0.0928 e. The molecule has 0 spiro atoms. The molecule has 0 saturated heterocycles. The van der Waals surface area contributed by atoms with Crippen molar-refractivity contribution in [1.29, 1.82) is 5.26 Å². The molecular formula is C23H36FN. The average Bonchev–Trinajstić information content (AvgIpc) is 2.69. The van der Waals surface area contributed by atoms with Gasteiger partial charge in [-0.3, -0.25) is 4.39 Å². The Balaban J connectivity index is 1.36. The molecule has 0 N–H and O–H groups in total. The van der Waals surface area contributed by atoms with Gasteiger partial charge in [0.05, 0.1) is 12.7 Å². The minimum absolute atomic E-state index is 0.215. The Labute approximate surface area is 154 Å². The molecule has 0 radical (unpaired) electrons. The second kappa shape index (κ2) is 9.75. The number of allylic oxidation sites excluding steroid dienone is 2. The third-order valence-corrected chi connectivity index (χ3v) is 7.60. The van der Waals surface area contributed by atoms with Crippen molar-refractivity contribution >= 4 is 0 Å². The van der Waals surface area contributed by atoms with E-state index >= 15 is 0 Å². The summed E-state index contributed by atoms with van der Waals surface area (Å²) in [6, 6.07) is 2.47. The molecule has 0 atom stereocenters. The van der Waals surface area contributed by atoms with Crippen LogP contribution >= 0.6 is 0 Å². The number of nitrogens with zero attached hydrogens (tertiary/aromatic N) is 1. The highest BCUT2D eigenvalue weighted by atomic mass is 19.1. The fourth-order valence-corrected chi connectivity index (χ4v) is 5.97. The summed E-state index contributed by atoms with van der Waals surface area (Å²) in [6.07, 6.45) is 21.1. The monoisotopic (exact) mass is 345 g/mol. The van der Waals surface area contributed by atoms with Crippen LogP contribution in [0.3, 0.4) is 0 Å². The van der Waals surface area contributed by atoms with E-state index in [1.54, 1.807) is 0 Å². The zero-order valence-corrected chi connectivity index (χ0v) is 15.8. The van der Waals surface area contributed by atoms with Crippen molar-refractivity contribution in [1.82, 2.24) is 0 Å². The van der Waals surface area contributed by atoms with Crippen LogP contribution in [-0.4, -0.2) is 6.67 Å². The molecule has 0 unspecified atom stereocenters. The Bertz CT molecular complexity index is 441. The number of rotatable bonds is 5. The molecule has 0 aromatic carbocycles. The molecule has 0 heterocycles. The SMILES string of the molecule is N#CC1CCC(C2CCC(C3CCC(/C=C/CCF)CC3)CC2)CC1. The number of hydrogen-bond donors (Lipinski definition) is 0. The van der Waals surface area contributed by atoms with Crippen molar-refractivity contribution in [2.75, 3.05) is 6.67 Å². The Morgan fingerprint density at radius 1 is 0.720 bits per heavy atom. The molecule has 25 heavy (non-hydrogen) atoms. The molecule has 0 aromatic heterocycles. The summed E-state index contributed by atoms with van der Waals surface area (Å²) < 4.78 is 12.2. The van der Waals surface area contributed by atoms with Crippen LogP contribution in [0.15, 0.2) is 12.2 Å². The fraction of sp³-hybridized carbons (Fsp3) is 0.870. The lowest BCUT2D eigenvalue weighted by molar-refractivity contribution is 0.113. The van der Waals surface area contributed by atoms with Crippen molar-refractivity contribution in [2.45, 2.75) is 83.5 Å².